The fraction of sp³-hybridized carbons (Fsp3) is 0.312. The highest BCUT2D eigenvalue weighted by atomic mass is 16.6. The summed E-state index contributed by atoms with van der Waals surface area (Å²) in [6, 6.07) is 8.92. The van der Waals surface area contributed by atoms with Gasteiger partial charge in [-0.15, -0.1) is 0 Å². The van der Waals surface area contributed by atoms with Gasteiger partial charge in [-0.3, -0.25) is 10.5 Å². The summed E-state index contributed by atoms with van der Waals surface area (Å²) in [5.74, 6) is -3.15. The minimum atomic E-state index is -2.49. The first-order valence-corrected chi connectivity index (χ1v) is 6.87. The molecule has 0 saturated carbocycles. The average Bonchev–Trinajstić information content (AvgIpc) is 2.53. The summed E-state index contributed by atoms with van der Waals surface area (Å²) in [6.45, 7) is 3.08. The van der Waals surface area contributed by atoms with Crippen LogP contribution in [0.4, 0.5) is 0 Å². The maximum Gasteiger partial charge on any atom is 0.346 e. The van der Waals surface area contributed by atoms with E-state index in [4.69, 9.17) is 15.2 Å². The van der Waals surface area contributed by atoms with Crippen LogP contribution in [0.5, 0.6) is 0 Å². The molecule has 1 aromatic rings. The highest BCUT2D eigenvalue weighted by Crippen LogP contribution is 2.12. The monoisotopic (exact) mass is 305 g/mol. The van der Waals surface area contributed by atoms with Crippen LogP contribution in [0.2, 0.25) is 0 Å². The van der Waals surface area contributed by atoms with E-state index in [1.165, 1.54) is 6.08 Å². The second kappa shape index (κ2) is 8.09. The van der Waals surface area contributed by atoms with Gasteiger partial charge < -0.3 is 9.47 Å². The zero-order valence-corrected chi connectivity index (χ0v) is 12.6. The molecule has 6 nitrogen and oxygen atoms in total. The Morgan fingerprint density at radius 1 is 1.05 bits per heavy atom. The van der Waals surface area contributed by atoms with E-state index in [0.29, 0.717) is 0 Å². The zero-order chi connectivity index (χ0) is 16.6. The summed E-state index contributed by atoms with van der Waals surface area (Å²) in [4.78, 5) is 36.1. The molecule has 0 aromatic heterocycles. The molecule has 1 rings (SSSR count). The Morgan fingerprint density at radius 3 is 2.00 bits per heavy atom. The molecule has 0 aliphatic rings. The Bertz CT molecular complexity index is 547. The average molecular weight is 305 g/mol. The summed E-state index contributed by atoms with van der Waals surface area (Å²) in [5, 5.41) is 0. The van der Waals surface area contributed by atoms with Gasteiger partial charge >= 0.3 is 11.9 Å². The molecule has 0 bridgehead atoms. The normalized spacial score (nSPS) is 11.2. The number of rotatable bonds is 7. The number of hydrogen-bond donors (Lipinski definition) is 1. The van der Waals surface area contributed by atoms with Crippen LogP contribution in [0.15, 0.2) is 36.4 Å². The van der Waals surface area contributed by atoms with Crippen molar-refractivity contribution < 1.29 is 23.9 Å². The topological polar surface area (TPSA) is 95.7 Å². The van der Waals surface area contributed by atoms with Crippen molar-refractivity contribution in [1.29, 1.82) is 0 Å². The molecule has 0 amide bonds. The van der Waals surface area contributed by atoms with E-state index >= 15 is 0 Å². The second-order valence-corrected chi connectivity index (χ2v) is 4.36. The van der Waals surface area contributed by atoms with Gasteiger partial charge in [0.25, 0.3) is 5.54 Å². The smallest absolute Gasteiger partial charge is 0.346 e. The molecule has 0 saturated heterocycles. The minimum absolute atomic E-state index is 0.00708. The summed E-state index contributed by atoms with van der Waals surface area (Å²) >= 11 is 0. The van der Waals surface area contributed by atoms with Gasteiger partial charge in [0.15, 0.2) is 5.78 Å². The van der Waals surface area contributed by atoms with Crippen molar-refractivity contribution in [3.8, 4) is 0 Å². The third kappa shape index (κ3) is 4.02. The number of carbonyl (C=O) groups is 3. The molecule has 2 N–H and O–H groups in total. The van der Waals surface area contributed by atoms with E-state index in [2.05, 4.69) is 0 Å². The molecule has 0 radical (unpaired) electrons. The summed E-state index contributed by atoms with van der Waals surface area (Å²) in [5.41, 5.74) is 3.95. The molecule has 0 spiro atoms. The lowest BCUT2D eigenvalue weighted by Crippen LogP contribution is -2.61. The van der Waals surface area contributed by atoms with E-state index in [1.54, 1.807) is 38.1 Å². The number of esters is 2. The number of ether oxygens (including phenoxy) is 2. The van der Waals surface area contributed by atoms with E-state index < -0.39 is 23.3 Å². The summed E-state index contributed by atoms with van der Waals surface area (Å²) in [7, 11) is 0. The molecule has 0 unspecified atom stereocenters. The molecule has 0 heterocycles. The fourth-order valence-electron chi connectivity index (χ4n) is 1.64. The van der Waals surface area contributed by atoms with E-state index in [-0.39, 0.29) is 13.2 Å². The van der Waals surface area contributed by atoms with Crippen molar-refractivity contribution in [3.05, 3.63) is 42.0 Å². The predicted molar refractivity (Wildman–Crippen MR) is 80.7 cm³/mol. The van der Waals surface area contributed by atoms with Crippen molar-refractivity contribution >= 4 is 23.8 Å². The van der Waals surface area contributed by atoms with Gasteiger partial charge in [0, 0.05) is 0 Å². The van der Waals surface area contributed by atoms with Gasteiger partial charge in [0.05, 0.1) is 13.2 Å². The number of nitrogens with two attached hydrogens (primary N) is 1. The molecule has 6 heteroatoms. The molecule has 0 aliphatic carbocycles. The maximum absolute atomic E-state index is 12.3. The largest absolute Gasteiger partial charge is 0.464 e. The van der Waals surface area contributed by atoms with Crippen molar-refractivity contribution in [1.82, 2.24) is 0 Å². The lowest BCUT2D eigenvalue weighted by atomic mass is 9.94. The number of hydrogen-bond acceptors (Lipinski definition) is 6. The van der Waals surface area contributed by atoms with E-state index in [9.17, 15) is 14.4 Å². The number of benzene rings is 1. The van der Waals surface area contributed by atoms with Gasteiger partial charge in [-0.2, -0.15) is 0 Å². The first-order valence-electron chi connectivity index (χ1n) is 6.87. The highest BCUT2D eigenvalue weighted by molar-refractivity contribution is 6.28. The molecule has 22 heavy (non-hydrogen) atoms. The zero-order valence-electron chi connectivity index (χ0n) is 12.6. The molecule has 0 fully saturated rings. The predicted octanol–water partition coefficient (Wildman–Crippen LogP) is 1.09. The van der Waals surface area contributed by atoms with Gasteiger partial charge in [-0.1, -0.05) is 36.4 Å². The Morgan fingerprint density at radius 2 is 1.55 bits per heavy atom. The third-order valence-corrected chi connectivity index (χ3v) is 2.81. The lowest BCUT2D eigenvalue weighted by Gasteiger charge is -2.21. The van der Waals surface area contributed by atoms with E-state index in [1.807, 2.05) is 6.07 Å². The standard InChI is InChI=1S/C16H19NO5/c1-3-21-14(19)16(17,15(20)22-4-2)13(18)11-10-12-8-6-5-7-9-12/h5-11H,3-4,17H2,1-2H3/b11-10+. The van der Waals surface area contributed by atoms with Crippen LogP contribution in [0.3, 0.4) is 0 Å². The van der Waals surface area contributed by atoms with Crippen molar-refractivity contribution in [2.75, 3.05) is 13.2 Å². The first kappa shape index (κ1) is 17.6. The molecule has 0 atom stereocenters. The van der Waals surface area contributed by atoms with Crippen LogP contribution in [-0.4, -0.2) is 36.5 Å². The van der Waals surface area contributed by atoms with Crippen molar-refractivity contribution in [3.63, 3.8) is 0 Å². The highest BCUT2D eigenvalue weighted by Gasteiger charge is 2.51. The van der Waals surface area contributed by atoms with Crippen LogP contribution in [0.25, 0.3) is 6.08 Å². The van der Waals surface area contributed by atoms with E-state index in [0.717, 1.165) is 11.6 Å². The Labute approximate surface area is 128 Å². The summed E-state index contributed by atoms with van der Waals surface area (Å²) < 4.78 is 9.46. The lowest BCUT2D eigenvalue weighted by molar-refractivity contribution is -0.165. The summed E-state index contributed by atoms with van der Waals surface area (Å²) in [6.07, 6.45) is 2.53. The van der Waals surface area contributed by atoms with Gasteiger partial charge in [0.1, 0.15) is 0 Å². The molecule has 118 valence electrons. The van der Waals surface area contributed by atoms with Crippen LogP contribution < -0.4 is 5.73 Å². The van der Waals surface area contributed by atoms with Crippen LogP contribution in [-0.2, 0) is 23.9 Å². The maximum atomic E-state index is 12.3. The van der Waals surface area contributed by atoms with Gasteiger partial charge in [0.2, 0.25) is 0 Å². The Balaban J connectivity index is 3.05. The van der Waals surface area contributed by atoms with Crippen LogP contribution in [0.1, 0.15) is 19.4 Å². The van der Waals surface area contributed by atoms with Crippen molar-refractivity contribution in [2.24, 2.45) is 5.73 Å². The second-order valence-electron chi connectivity index (χ2n) is 4.36. The van der Waals surface area contributed by atoms with Crippen LogP contribution >= 0.6 is 0 Å². The number of carbonyl (C=O) groups excluding carboxylic acids is 3. The minimum Gasteiger partial charge on any atom is -0.464 e. The molecular formula is C16H19NO5. The molecule has 1 aromatic carbocycles. The number of ketones is 1. The van der Waals surface area contributed by atoms with Crippen molar-refractivity contribution in [2.45, 2.75) is 19.4 Å². The SMILES string of the molecule is CCOC(=O)C(N)(C(=O)/C=C/c1ccccc1)C(=O)OCC. The van der Waals surface area contributed by atoms with Crippen LogP contribution in [0, 0.1) is 0 Å². The molecular weight excluding hydrogens is 286 g/mol. The Hall–Kier alpha value is -2.47. The van der Waals surface area contributed by atoms with Gasteiger partial charge in [-0.05, 0) is 25.5 Å². The molecule has 0 aliphatic heterocycles. The first-order chi connectivity index (χ1) is 10.5. The quantitative estimate of drug-likeness (QED) is 0.460. The van der Waals surface area contributed by atoms with Gasteiger partial charge in [-0.25, -0.2) is 9.59 Å². The third-order valence-electron chi connectivity index (χ3n) is 2.81. The Kier molecular flexibility index (Phi) is 6.47. The fourth-order valence-corrected chi connectivity index (χ4v) is 1.64.